The first-order valence-electron chi connectivity index (χ1n) is 6.00. The van der Waals surface area contributed by atoms with Gasteiger partial charge in [0.15, 0.2) is 6.61 Å². The number of anilines is 1. The number of hydrogen-bond donors (Lipinski definition) is 2. The Morgan fingerprint density at radius 1 is 1.56 bits per heavy atom. The minimum Gasteiger partial charge on any atom is -0.482 e. The predicted molar refractivity (Wildman–Crippen MR) is 73.9 cm³/mol. The van der Waals surface area contributed by atoms with Crippen molar-refractivity contribution in [3.05, 3.63) is 23.2 Å². The summed E-state index contributed by atoms with van der Waals surface area (Å²) in [5.41, 5.74) is 6.13. The van der Waals surface area contributed by atoms with Gasteiger partial charge in [-0.25, -0.2) is 0 Å². The summed E-state index contributed by atoms with van der Waals surface area (Å²) in [6.45, 7) is 4.00. The molecule has 4 nitrogen and oxygen atoms in total. The number of nitrogens with two attached hydrogens (primary N) is 1. The van der Waals surface area contributed by atoms with Crippen molar-refractivity contribution in [1.82, 2.24) is 5.32 Å². The molecule has 0 aliphatic rings. The molecule has 0 bridgehead atoms. The van der Waals surface area contributed by atoms with Crippen LogP contribution in [-0.4, -0.2) is 18.6 Å². The summed E-state index contributed by atoms with van der Waals surface area (Å²) in [5, 5.41) is 3.26. The van der Waals surface area contributed by atoms with Gasteiger partial charge in [0.25, 0.3) is 5.91 Å². The van der Waals surface area contributed by atoms with Crippen molar-refractivity contribution in [3.63, 3.8) is 0 Å². The number of ether oxygens (including phenoxy) is 1. The molecule has 100 valence electrons. The topological polar surface area (TPSA) is 64.3 Å². The lowest BCUT2D eigenvalue weighted by Gasteiger charge is -2.13. The molecule has 3 N–H and O–H groups in total. The van der Waals surface area contributed by atoms with E-state index in [1.54, 1.807) is 18.2 Å². The van der Waals surface area contributed by atoms with E-state index in [1.165, 1.54) is 0 Å². The molecule has 0 saturated heterocycles. The normalized spacial score (nSPS) is 11.9. The molecule has 0 radical (unpaired) electrons. The number of nitrogen functional groups attached to an aromatic ring is 1. The Kier molecular flexibility index (Phi) is 5.78. The van der Waals surface area contributed by atoms with Gasteiger partial charge in [0.05, 0.1) is 5.02 Å². The lowest BCUT2D eigenvalue weighted by atomic mass is 10.2. The summed E-state index contributed by atoms with van der Waals surface area (Å²) < 4.78 is 5.33. The van der Waals surface area contributed by atoms with E-state index >= 15 is 0 Å². The average molecular weight is 271 g/mol. The molecule has 1 aromatic carbocycles. The van der Waals surface area contributed by atoms with Gasteiger partial charge >= 0.3 is 0 Å². The number of carbonyl (C=O) groups is 1. The van der Waals surface area contributed by atoms with Gasteiger partial charge in [0, 0.05) is 11.7 Å². The SMILES string of the molecule is CCCC(C)NC(=O)COc1ccc(N)cc1Cl. The highest BCUT2D eigenvalue weighted by molar-refractivity contribution is 6.32. The third kappa shape index (κ3) is 4.84. The molecule has 0 aliphatic carbocycles. The van der Waals surface area contributed by atoms with Crippen LogP contribution in [0.5, 0.6) is 5.75 Å². The summed E-state index contributed by atoms with van der Waals surface area (Å²) in [5.74, 6) is 0.313. The summed E-state index contributed by atoms with van der Waals surface area (Å²) in [6, 6.07) is 5.08. The van der Waals surface area contributed by atoms with Gasteiger partial charge in [-0.05, 0) is 31.5 Å². The van der Waals surface area contributed by atoms with E-state index in [9.17, 15) is 4.79 Å². The molecule has 18 heavy (non-hydrogen) atoms. The first-order chi connectivity index (χ1) is 8.52. The molecular formula is C13H19ClN2O2. The standard InChI is InChI=1S/C13H19ClN2O2/c1-3-4-9(2)16-13(17)8-18-12-6-5-10(15)7-11(12)14/h5-7,9H,3-4,8,15H2,1-2H3,(H,16,17). The number of halogens is 1. The molecular weight excluding hydrogens is 252 g/mol. The molecule has 5 heteroatoms. The van der Waals surface area contributed by atoms with E-state index in [-0.39, 0.29) is 18.6 Å². The van der Waals surface area contributed by atoms with E-state index in [0.717, 1.165) is 12.8 Å². The van der Waals surface area contributed by atoms with Gasteiger partial charge in [-0.15, -0.1) is 0 Å². The second-order valence-electron chi connectivity index (χ2n) is 4.24. The highest BCUT2D eigenvalue weighted by Gasteiger charge is 2.08. The maximum Gasteiger partial charge on any atom is 0.258 e. The lowest BCUT2D eigenvalue weighted by Crippen LogP contribution is -2.35. The third-order valence-corrected chi connectivity index (χ3v) is 2.74. The van der Waals surface area contributed by atoms with Gasteiger partial charge < -0.3 is 15.8 Å². The Bertz CT molecular complexity index is 410. The van der Waals surface area contributed by atoms with Crippen LogP contribution in [-0.2, 0) is 4.79 Å². The van der Waals surface area contributed by atoms with Gasteiger partial charge in [-0.3, -0.25) is 4.79 Å². The second kappa shape index (κ2) is 7.11. The molecule has 1 aromatic rings. The van der Waals surface area contributed by atoms with Crippen molar-refractivity contribution in [2.24, 2.45) is 0 Å². The van der Waals surface area contributed by atoms with Crippen molar-refractivity contribution >= 4 is 23.2 Å². The fourth-order valence-corrected chi connectivity index (χ4v) is 1.84. The van der Waals surface area contributed by atoms with Crippen LogP contribution in [0.25, 0.3) is 0 Å². The quantitative estimate of drug-likeness (QED) is 0.781. The molecule has 0 saturated carbocycles. The molecule has 0 heterocycles. The molecule has 1 atom stereocenters. The summed E-state index contributed by atoms with van der Waals surface area (Å²) in [6.07, 6.45) is 1.99. The van der Waals surface area contributed by atoms with Crippen LogP contribution in [0.4, 0.5) is 5.69 Å². The van der Waals surface area contributed by atoms with Gasteiger partial charge in [0.1, 0.15) is 5.75 Å². The van der Waals surface area contributed by atoms with Crippen LogP contribution in [0.15, 0.2) is 18.2 Å². The van der Waals surface area contributed by atoms with Crippen LogP contribution in [0.3, 0.4) is 0 Å². The van der Waals surface area contributed by atoms with E-state index in [1.807, 2.05) is 6.92 Å². The number of amides is 1. The fraction of sp³-hybridized carbons (Fsp3) is 0.462. The molecule has 0 spiro atoms. The van der Waals surface area contributed by atoms with Crippen molar-refractivity contribution in [3.8, 4) is 5.75 Å². The van der Waals surface area contributed by atoms with Crippen molar-refractivity contribution in [2.45, 2.75) is 32.7 Å². The fourth-order valence-electron chi connectivity index (χ4n) is 1.60. The molecule has 1 unspecified atom stereocenters. The predicted octanol–water partition coefficient (Wildman–Crippen LogP) is 2.61. The van der Waals surface area contributed by atoms with Gasteiger partial charge in [0.2, 0.25) is 0 Å². The maximum atomic E-state index is 11.6. The Labute approximate surface area is 112 Å². The van der Waals surface area contributed by atoms with Gasteiger partial charge in [-0.1, -0.05) is 24.9 Å². The summed E-state index contributed by atoms with van der Waals surface area (Å²) >= 11 is 5.93. The zero-order valence-corrected chi connectivity index (χ0v) is 11.5. The second-order valence-corrected chi connectivity index (χ2v) is 4.64. The molecule has 1 amide bonds. The molecule has 0 aliphatic heterocycles. The minimum atomic E-state index is -0.149. The Hall–Kier alpha value is -1.42. The number of hydrogen-bond acceptors (Lipinski definition) is 3. The van der Waals surface area contributed by atoms with Crippen LogP contribution < -0.4 is 15.8 Å². The van der Waals surface area contributed by atoms with E-state index in [2.05, 4.69) is 12.2 Å². The zero-order valence-electron chi connectivity index (χ0n) is 10.7. The van der Waals surface area contributed by atoms with E-state index < -0.39 is 0 Å². The average Bonchev–Trinajstić information content (AvgIpc) is 2.28. The van der Waals surface area contributed by atoms with Crippen molar-refractivity contribution in [2.75, 3.05) is 12.3 Å². The first-order valence-corrected chi connectivity index (χ1v) is 6.38. The van der Waals surface area contributed by atoms with Crippen molar-refractivity contribution < 1.29 is 9.53 Å². The highest BCUT2D eigenvalue weighted by atomic mass is 35.5. The number of benzene rings is 1. The Morgan fingerprint density at radius 2 is 2.28 bits per heavy atom. The Balaban J connectivity index is 2.42. The largest absolute Gasteiger partial charge is 0.482 e. The maximum absolute atomic E-state index is 11.6. The monoisotopic (exact) mass is 270 g/mol. The smallest absolute Gasteiger partial charge is 0.258 e. The first kappa shape index (κ1) is 14.6. The molecule has 0 aromatic heterocycles. The Morgan fingerprint density at radius 3 is 2.89 bits per heavy atom. The number of rotatable bonds is 6. The van der Waals surface area contributed by atoms with E-state index in [4.69, 9.17) is 22.1 Å². The van der Waals surface area contributed by atoms with E-state index in [0.29, 0.717) is 16.5 Å². The minimum absolute atomic E-state index is 0.0440. The molecule has 0 fully saturated rings. The lowest BCUT2D eigenvalue weighted by molar-refractivity contribution is -0.123. The van der Waals surface area contributed by atoms with Crippen LogP contribution in [0.2, 0.25) is 5.02 Å². The third-order valence-electron chi connectivity index (χ3n) is 2.44. The zero-order chi connectivity index (χ0) is 13.5. The molecule has 1 rings (SSSR count). The summed E-state index contributed by atoms with van der Waals surface area (Å²) in [4.78, 5) is 11.6. The highest BCUT2D eigenvalue weighted by Crippen LogP contribution is 2.26. The summed E-state index contributed by atoms with van der Waals surface area (Å²) in [7, 11) is 0. The van der Waals surface area contributed by atoms with Crippen LogP contribution >= 0.6 is 11.6 Å². The van der Waals surface area contributed by atoms with Crippen LogP contribution in [0, 0.1) is 0 Å². The number of carbonyl (C=O) groups excluding carboxylic acids is 1. The van der Waals surface area contributed by atoms with Crippen molar-refractivity contribution in [1.29, 1.82) is 0 Å². The van der Waals surface area contributed by atoms with Gasteiger partial charge in [-0.2, -0.15) is 0 Å². The number of nitrogens with one attached hydrogen (secondary N) is 1. The van der Waals surface area contributed by atoms with Crippen LogP contribution in [0.1, 0.15) is 26.7 Å².